The zero-order valence-corrected chi connectivity index (χ0v) is 14.3. The van der Waals surface area contributed by atoms with Gasteiger partial charge in [-0.2, -0.15) is 0 Å². The third-order valence-electron chi connectivity index (χ3n) is 2.95. The van der Waals surface area contributed by atoms with Crippen molar-refractivity contribution in [2.45, 2.75) is 26.3 Å². The molecule has 0 aliphatic heterocycles. The number of hydrogen-bond acceptors (Lipinski definition) is 4. The van der Waals surface area contributed by atoms with Gasteiger partial charge in [-0.1, -0.05) is 31.5 Å². The van der Waals surface area contributed by atoms with Crippen molar-refractivity contribution in [3.05, 3.63) is 29.3 Å². The average Bonchev–Trinajstić information content (AvgIpc) is 2.50. The maximum atomic E-state index is 11.7. The molecule has 1 aromatic carbocycles. The second-order valence-electron chi connectivity index (χ2n) is 5.61. The van der Waals surface area contributed by atoms with Crippen LogP contribution in [-0.2, 0) is 14.4 Å². The van der Waals surface area contributed by atoms with Gasteiger partial charge in [-0.25, -0.2) is 4.79 Å². The predicted octanol–water partition coefficient (Wildman–Crippen LogP) is 1.45. The van der Waals surface area contributed by atoms with Gasteiger partial charge in [0.05, 0.1) is 6.54 Å². The Labute approximate surface area is 145 Å². The minimum atomic E-state index is -1.10. The Hall–Kier alpha value is -2.28. The number of benzene rings is 1. The third-order valence-corrected chi connectivity index (χ3v) is 3.19. The molecule has 24 heavy (non-hydrogen) atoms. The van der Waals surface area contributed by atoms with Crippen LogP contribution in [0.1, 0.15) is 20.3 Å². The first-order chi connectivity index (χ1) is 11.3. The highest BCUT2D eigenvalue weighted by atomic mass is 35.5. The van der Waals surface area contributed by atoms with E-state index in [9.17, 15) is 14.4 Å². The van der Waals surface area contributed by atoms with Crippen molar-refractivity contribution >= 4 is 29.4 Å². The van der Waals surface area contributed by atoms with Gasteiger partial charge in [0, 0.05) is 5.02 Å². The van der Waals surface area contributed by atoms with Crippen LogP contribution in [-0.4, -0.2) is 42.1 Å². The summed E-state index contributed by atoms with van der Waals surface area (Å²) in [6, 6.07) is 5.59. The van der Waals surface area contributed by atoms with E-state index in [2.05, 4.69) is 10.6 Å². The highest BCUT2D eigenvalue weighted by Gasteiger charge is 2.21. The van der Waals surface area contributed by atoms with E-state index in [4.69, 9.17) is 21.4 Å². The summed E-state index contributed by atoms with van der Waals surface area (Å²) in [5.41, 5.74) is 0. The molecule has 0 aliphatic carbocycles. The lowest BCUT2D eigenvalue weighted by atomic mass is 10.0. The predicted molar refractivity (Wildman–Crippen MR) is 89.0 cm³/mol. The molecule has 2 amide bonds. The van der Waals surface area contributed by atoms with Crippen molar-refractivity contribution in [3.8, 4) is 5.75 Å². The molecule has 0 spiro atoms. The Morgan fingerprint density at radius 1 is 1.25 bits per heavy atom. The molecular formula is C16H21ClN2O5. The number of aliphatic carboxylic acids is 1. The number of hydrogen-bond donors (Lipinski definition) is 3. The van der Waals surface area contributed by atoms with Crippen LogP contribution >= 0.6 is 11.6 Å². The molecule has 0 saturated carbocycles. The standard InChI is InChI=1S/C16H21ClN2O5/c1-10(2)6-13(16(22)23)19-14(20)8-18-15(21)9-24-12-5-3-4-11(17)7-12/h3-5,7,10,13H,6,8-9H2,1-2H3,(H,18,21)(H,19,20)(H,22,23)/t13-/m0/s1. The zero-order chi connectivity index (χ0) is 18.1. The molecule has 3 N–H and O–H groups in total. The molecule has 1 rings (SSSR count). The van der Waals surface area contributed by atoms with Crippen molar-refractivity contribution in [2.75, 3.05) is 13.2 Å². The minimum Gasteiger partial charge on any atom is -0.484 e. The smallest absolute Gasteiger partial charge is 0.326 e. The number of carboxylic acids is 1. The highest BCUT2D eigenvalue weighted by molar-refractivity contribution is 6.30. The van der Waals surface area contributed by atoms with Crippen LogP contribution in [0.2, 0.25) is 5.02 Å². The monoisotopic (exact) mass is 356 g/mol. The second kappa shape index (κ2) is 9.77. The maximum Gasteiger partial charge on any atom is 0.326 e. The first kappa shape index (κ1) is 19.8. The van der Waals surface area contributed by atoms with E-state index in [0.717, 1.165) is 0 Å². The van der Waals surface area contributed by atoms with Crippen LogP contribution in [0.5, 0.6) is 5.75 Å². The van der Waals surface area contributed by atoms with Gasteiger partial charge in [-0.05, 0) is 30.5 Å². The van der Waals surface area contributed by atoms with Gasteiger partial charge in [0.1, 0.15) is 11.8 Å². The molecule has 0 radical (unpaired) electrons. The molecule has 0 heterocycles. The van der Waals surface area contributed by atoms with Crippen molar-refractivity contribution < 1.29 is 24.2 Å². The molecular weight excluding hydrogens is 336 g/mol. The van der Waals surface area contributed by atoms with E-state index in [0.29, 0.717) is 17.2 Å². The van der Waals surface area contributed by atoms with Gasteiger partial charge < -0.3 is 20.5 Å². The number of carboxylic acid groups (broad SMARTS) is 1. The molecule has 1 atom stereocenters. The van der Waals surface area contributed by atoms with Gasteiger partial charge in [-0.15, -0.1) is 0 Å². The van der Waals surface area contributed by atoms with Crippen molar-refractivity contribution in [2.24, 2.45) is 5.92 Å². The summed E-state index contributed by atoms with van der Waals surface area (Å²) in [5.74, 6) is -1.62. The molecule has 0 bridgehead atoms. The lowest BCUT2D eigenvalue weighted by Gasteiger charge is -2.16. The van der Waals surface area contributed by atoms with Gasteiger partial charge >= 0.3 is 5.97 Å². The van der Waals surface area contributed by atoms with Gasteiger partial charge in [0.2, 0.25) is 5.91 Å². The summed E-state index contributed by atoms with van der Waals surface area (Å²) in [5, 5.41) is 14.3. The summed E-state index contributed by atoms with van der Waals surface area (Å²) < 4.78 is 5.23. The van der Waals surface area contributed by atoms with Gasteiger partial charge in [0.15, 0.2) is 6.61 Å². The Kier molecular flexibility index (Phi) is 8.05. The van der Waals surface area contributed by atoms with Crippen molar-refractivity contribution in [3.63, 3.8) is 0 Å². The van der Waals surface area contributed by atoms with Crippen LogP contribution in [0.25, 0.3) is 0 Å². The van der Waals surface area contributed by atoms with Crippen LogP contribution in [0.15, 0.2) is 24.3 Å². The molecule has 132 valence electrons. The second-order valence-corrected chi connectivity index (χ2v) is 6.05. The van der Waals surface area contributed by atoms with Gasteiger partial charge in [-0.3, -0.25) is 9.59 Å². The van der Waals surface area contributed by atoms with E-state index >= 15 is 0 Å². The Balaban J connectivity index is 2.35. The molecule has 8 heteroatoms. The highest BCUT2D eigenvalue weighted by Crippen LogP contribution is 2.16. The molecule has 1 aromatic rings. The topological polar surface area (TPSA) is 105 Å². The van der Waals surface area contributed by atoms with Crippen LogP contribution in [0.4, 0.5) is 0 Å². The summed E-state index contributed by atoms with van der Waals surface area (Å²) in [6.07, 6.45) is 0.312. The number of halogens is 1. The van der Waals surface area contributed by atoms with Crippen molar-refractivity contribution in [1.82, 2.24) is 10.6 Å². The zero-order valence-electron chi connectivity index (χ0n) is 13.5. The lowest BCUT2D eigenvalue weighted by molar-refractivity contribution is -0.142. The number of rotatable bonds is 9. The summed E-state index contributed by atoms with van der Waals surface area (Å²) >= 11 is 5.79. The first-order valence-electron chi connectivity index (χ1n) is 7.45. The molecule has 0 aliphatic rings. The van der Waals surface area contributed by atoms with E-state index in [-0.39, 0.29) is 19.1 Å². The summed E-state index contributed by atoms with van der Waals surface area (Å²) in [4.78, 5) is 34.4. The normalized spacial score (nSPS) is 11.7. The Morgan fingerprint density at radius 2 is 1.96 bits per heavy atom. The van der Waals surface area contributed by atoms with Crippen LogP contribution in [0.3, 0.4) is 0 Å². The quantitative estimate of drug-likeness (QED) is 0.621. The number of nitrogens with one attached hydrogen (secondary N) is 2. The van der Waals surface area contributed by atoms with Crippen molar-refractivity contribution in [1.29, 1.82) is 0 Å². The third kappa shape index (κ3) is 7.82. The summed E-state index contributed by atoms with van der Waals surface area (Å²) in [6.45, 7) is 3.12. The number of carbonyl (C=O) groups is 3. The van der Waals surface area contributed by atoms with Gasteiger partial charge in [0.25, 0.3) is 5.91 Å². The van der Waals surface area contributed by atoms with Crippen LogP contribution in [0, 0.1) is 5.92 Å². The van der Waals surface area contributed by atoms with Crippen LogP contribution < -0.4 is 15.4 Å². The fourth-order valence-corrected chi connectivity index (χ4v) is 2.05. The molecule has 7 nitrogen and oxygen atoms in total. The number of amides is 2. The Morgan fingerprint density at radius 3 is 2.54 bits per heavy atom. The van der Waals surface area contributed by atoms with E-state index in [1.54, 1.807) is 24.3 Å². The van der Waals surface area contributed by atoms with E-state index < -0.39 is 23.8 Å². The lowest BCUT2D eigenvalue weighted by Crippen LogP contribution is -2.46. The number of carbonyl (C=O) groups excluding carboxylic acids is 2. The van der Waals surface area contributed by atoms with E-state index in [1.807, 2.05) is 13.8 Å². The first-order valence-corrected chi connectivity index (χ1v) is 7.83. The fourth-order valence-electron chi connectivity index (χ4n) is 1.87. The molecule has 0 fully saturated rings. The molecule has 0 unspecified atom stereocenters. The largest absolute Gasteiger partial charge is 0.484 e. The maximum absolute atomic E-state index is 11.7. The molecule has 0 aromatic heterocycles. The SMILES string of the molecule is CC(C)C[C@H](NC(=O)CNC(=O)COc1cccc(Cl)c1)C(=O)O. The molecule has 0 saturated heterocycles. The minimum absolute atomic E-state index is 0.118. The van der Waals surface area contributed by atoms with E-state index in [1.165, 1.54) is 0 Å². The Bertz CT molecular complexity index is 592. The average molecular weight is 357 g/mol. The summed E-state index contributed by atoms with van der Waals surface area (Å²) in [7, 11) is 0. The number of ether oxygens (including phenoxy) is 1. The fraction of sp³-hybridized carbons (Fsp3) is 0.438.